The van der Waals surface area contributed by atoms with Gasteiger partial charge in [-0.2, -0.15) is 0 Å². The van der Waals surface area contributed by atoms with Crippen molar-refractivity contribution in [1.82, 2.24) is 14.9 Å². The summed E-state index contributed by atoms with van der Waals surface area (Å²) in [5.41, 5.74) is 4.50. The van der Waals surface area contributed by atoms with E-state index in [1.54, 1.807) is 17.3 Å². The van der Waals surface area contributed by atoms with Gasteiger partial charge in [0.1, 0.15) is 12.7 Å². The van der Waals surface area contributed by atoms with Gasteiger partial charge in [0.15, 0.2) is 0 Å². The molecule has 4 heteroatoms. The summed E-state index contributed by atoms with van der Waals surface area (Å²) in [6, 6.07) is 0. The highest BCUT2D eigenvalue weighted by atomic mass is 15.5. The summed E-state index contributed by atoms with van der Waals surface area (Å²) in [5, 5.41) is 7.39. The van der Waals surface area contributed by atoms with Crippen LogP contribution in [-0.2, 0) is 0 Å². The molecule has 13 heavy (non-hydrogen) atoms. The highest BCUT2D eigenvalue weighted by Gasteiger charge is 1.98. The molecule has 4 nitrogen and oxygen atoms in total. The average Bonchev–Trinajstić information content (AvgIpc) is 2.69. The Morgan fingerprint density at radius 2 is 2.15 bits per heavy atom. The molecule has 2 rings (SSSR count). The number of nitrogens with zero attached hydrogens (tertiary/aromatic N) is 3. The molecule has 1 heterocycles. The average molecular weight is 176 g/mol. The quantitative estimate of drug-likeness (QED) is 0.693. The molecule has 0 saturated heterocycles. The first-order valence-corrected chi connectivity index (χ1v) is 4.39. The Balaban J connectivity index is 1.93. The molecule has 0 bridgehead atoms. The third-order valence-electron chi connectivity index (χ3n) is 2.02. The van der Waals surface area contributed by atoms with Gasteiger partial charge in [0.05, 0.1) is 0 Å². The largest absolute Gasteiger partial charge is 0.299 e. The lowest BCUT2D eigenvalue weighted by Crippen LogP contribution is -2.06. The molecule has 0 aromatic carbocycles. The molecule has 68 valence electrons. The van der Waals surface area contributed by atoms with Crippen molar-refractivity contribution < 1.29 is 0 Å². The Bertz CT molecular complexity index is 310. The molecule has 0 spiro atoms. The summed E-state index contributed by atoms with van der Waals surface area (Å²) in [5.74, 6) is 0. The number of aromatic nitrogens is 3. The summed E-state index contributed by atoms with van der Waals surface area (Å²) in [4.78, 5) is 0. The van der Waals surface area contributed by atoms with E-state index in [1.165, 1.54) is 5.57 Å². The van der Waals surface area contributed by atoms with E-state index < -0.39 is 0 Å². The lowest BCUT2D eigenvalue weighted by Gasteiger charge is -2.08. The van der Waals surface area contributed by atoms with Gasteiger partial charge in [-0.05, 0) is 24.8 Å². The van der Waals surface area contributed by atoms with Crippen LogP contribution in [0.25, 0.3) is 0 Å². The minimum absolute atomic E-state index is 1.05. The van der Waals surface area contributed by atoms with Crippen LogP contribution in [0.4, 0.5) is 0 Å². The highest BCUT2D eigenvalue weighted by Crippen LogP contribution is 2.15. The fourth-order valence-corrected chi connectivity index (χ4v) is 1.29. The molecule has 0 amide bonds. The molecule has 1 N–H and O–H groups in total. The summed E-state index contributed by atoms with van der Waals surface area (Å²) in [7, 11) is 0. The maximum absolute atomic E-state index is 3.69. The van der Waals surface area contributed by atoms with Crippen molar-refractivity contribution in [3.63, 3.8) is 0 Å². The second-order valence-corrected chi connectivity index (χ2v) is 3.02. The van der Waals surface area contributed by atoms with E-state index in [0.29, 0.717) is 0 Å². The van der Waals surface area contributed by atoms with Crippen molar-refractivity contribution in [2.45, 2.75) is 19.3 Å². The normalized spacial score (nSPS) is 19.2. The number of rotatable bonds is 2. The van der Waals surface area contributed by atoms with E-state index in [4.69, 9.17) is 0 Å². The first-order valence-electron chi connectivity index (χ1n) is 4.39. The molecule has 1 aromatic rings. The molecule has 0 unspecified atom stereocenters. The Labute approximate surface area is 76.9 Å². The van der Waals surface area contributed by atoms with Crippen LogP contribution >= 0.6 is 0 Å². The molecule has 1 aromatic heterocycles. The topological polar surface area (TPSA) is 42.7 Å². The van der Waals surface area contributed by atoms with Gasteiger partial charge in [-0.1, -0.05) is 12.2 Å². The van der Waals surface area contributed by atoms with E-state index in [1.807, 2.05) is 6.20 Å². The lowest BCUT2D eigenvalue weighted by molar-refractivity contribution is 0.872. The molecular weight excluding hydrogens is 164 g/mol. The summed E-state index contributed by atoms with van der Waals surface area (Å²) in [6.45, 7) is 0. The molecule has 0 radical (unpaired) electrons. The molecule has 1 aliphatic rings. The minimum Gasteiger partial charge on any atom is -0.299 e. The van der Waals surface area contributed by atoms with Crippen LogP contribution < -0.4 is 5.43 Å². The third-order valence-corrected chi connectivity index (χ3v) is 2.02. The predicted molar refractivity (Wildman–Crippen MR) is 50.5 cm³/mol. The lowest BCUT2D eigenvalue weighted by atomic mass is 10.0. The molecule has 0 saturated carbocycles. The summed E-state index contributed by atoms with van der Waals surface area (Å²) in [6.07, 6.45) is 13.0. The Morgan fingerprint density at radius 3 is 2.85 bits per heavy atom. The van der Waals surface area contributed by atoms with Crippen molar-refractivity contribution in [1.29, 1.82) is 0 Å². The fraction of sp³-hybridized carbons (Fsp3) is 0.333. The minimum atomic E-state index is 1.05. The van der Waals surface area contributed by atoms with Crippen LogP contribution in [0.1, 0.15) is 19.3 Å². The molecule has 0 fully saturated rings. The van der Waals surface area contributed by atoms with Gasteiger partial charge < -0.3 is 0 Å². The standard InChI is InChI=1S/C9H12N4/c1-2-4-9(5-3-1)6-12-13-7-10-11-8-13/h1-2,6-8,12H,3-5H2/b9-6+. The Morgan fingerprint density at radius 1 is 1.31 bits per heavy atom. The maximum atomic E-state index is 3.69. The van der Waals surface area contributed by atoms with Gasteiger partial charge in [0, 0.05) is 6.20 Å². The van der Waals surface area contributed by atoms with Gasteiger partial charge in [-0.25, -0.2) is 4.68 Å². The number of allylic oxidation sites excluding steroid dienone is 3. The van der Waals surface area contributed by atoms with Crippen LogP contribution in [-0.4, -0.2) is 14.9 Å². The molecule has 0 atom stereocenters. The predicted octanol–water partition coefficient (Wildman–Crippen LogP) is 1.45. The van der Waals surface area contributed by atoms with Crippen LogP contribution in [0.2, 0.25) is 0 Å². The first kappa shape index (κ1) is 8.04. The van der Waals surface area contributed by atoms with Gasteiger partial charge >= 0.3 is 0 Å². The van der Waals surface area contributed by atoms with E-state index in [0.717, 1.165) is 19.3 Å². The van der Waals surface area contributed by atoms with Gasteiger partial charge in [0.25, 0.3) is 0 Å². The zero-order valence-electron chi connectivity index (χ0n) is 7.35. The monoisotopic (exact) mass is 176 g/mol. The van der Waals surface area contributed by atoms with Crippen molar-refractivity contribution in [2.75, 3.05) is 5.43 Å². The SMILES string of the molecule is C1=CC/C(=C\Nn2cnnc2)CC1. The van der Waals surface area contributed by atoms with Crippen LogP contribution in [0.3, 0.4) is 0 Å². The Hall–Kier alpha value is -1.58. The van der Waals surface area contributed by atoms with Crippen LogP contribution in [0.5, 0.6) is 0 Å². The van der Waals surface area contributed by atoms with Crippen molar-refractivity contribution in [3.05, 3.63) is 36.6 Å². The zero-order valence-corrected chi connectivity index (χ0v) is 7.35. The van der Waals surface area contributed by atoms with Crippen molar-refractivity contribution in [3.8, 4) is 0 Å². The van der Waals surface area contributed by atoms with Gasteiger partial charge in [-0.3, -0.25) is 5.43 Å². The van der Waals surface area contributed by atoms with Crippen LogP contribution in [0.15, 0.2) is 36.6 Å². The van der Waals surface area contributed by atoms with E-state index in [-0.39, 0.29) is 0 Å². The second kappa shape index (κ2) is 3.89. The summed E-state index contributed by atoms with van der Waals surface area (Å²) < 4.78 is 1.73. The maximum Gasteiger partial charge on any atom is 0.139 e. The van der Waals surface area contributed by atoms with E-state index in [2.05, 4.69) is 27.8 Å². The highest BCUT2D eigenvalue weighted by molar-refractivity contribution is 5.14. The first-order chi connectivity index (χ1) is 6.45. The van der Waals surface area contributed by atoms with Crippen LogP contribution in [0, 0.1) is 0 Å². The van der Waals surface area contributed by atoms with Gasteiger partial charge in [-0.15, -0.1) is 10.2 Å². The van der Waals surface area contributed by atoms with Gasteiger partial charge in [0.2, 0.25) is 0 Å². The second-order valence-electron chi connectivity index (χ2n) is 3.02. The third kappa shape index (κ3) is 2.18. The number of nitrogens with one attached hydrogen (secondary N) is 1. The molecular formula is C9H12N4. The zero-order chi connectivity index (χ0) is 8.93. The molecule has 1 aliphatic carbocycles. The van der Waals surface area contributed by atoms with E-state index >= 15 is 0 Å². The van der Waals surface area contributed by atoms with Crippen molar-refractivity contribution in [2.24, 2.45) is 0 Å². The smallest absolute Gasteiger partial charge is 0.139 e. The van der Waals surface area contributed by atoms with E-state index in [9.17, 15) is 0 Å². The number of hydrogen-bond donors (Lipinski definition) is 1. The fourth-order valence-electron chi connectivity index (χ4n) is 1.29. The molecule has 0 aliphatic heterocycles. The Kier molecular flexibility index (Phi) is 2.40. The summed E-state index contributed by atoms with van der Waals surface area (Å²) >= 11 is 0. The number of hydrogen-bond acceptors (Lipinski definition) is 3. The van der Waals surface area contributed by atoms with Crippen molar-refractivity contribution >= 4 is 0 Å².